The average molecular weight is 641 g/mol. The van der Waals surface area contributed by atoms with Gasteiger partial charge in [-0.2, -0.15) is 0 Å². The van der Waals surface area contributed by atoms with Crippen LogP contribution in [0.15, 0.2) is 81.2 Å². The van der Waals surface area contributed by atoms with E-state index in [1.54, 1.807) is 0 Å². The average Bonchev–Trinajstić information content (AvgIpc) is 3.01. The number of nitrogens with one attached hydrogen (secondary N) is 2. The van der Waals surface area contributed by atoms with Gasteiger partial charge in [0.2, 0.25) is 0 Å². The van der Waals surface area contributed by atoms with Crippen molar-refractivity contribution in [3.63, 3.8) is 0 Å². The molecule has 0 fully saturated rings. The molecule has 1 aromatic heterocycles. The Kier molecular flexibility index (Phi) is 11.1. The van der Waals surface area contributed by atoms with Gasteiger partial charge in [-0.15, -0.1) is 0 Å². The molecule has 45 heavy (non-hydrogen) atoms. The van der Waals surface area contributed by atoms with Crippen LogP contribution in [-0.4, -0.2) is 50.6 Å². The van der Waals surface area contributed by atoms with Crippen LogP contribution in [-0.2, 0) is 22.9 Å². The Hall–Kier alpha value is -4.13. The summed E-state index contributed by atoms with van der Waals surface area (Å²) in [5, 5.41) is 6.71. The van der Waals surface area contributed by atoms with Gasteiger partial charge in [0.05, 0.1) is 36.7 Å². The Balaban J connectivity index is 1.95. The first-order chi connectivity index (χ1) is 21.5. The smallest absolute Gasteiger partial charge is 0.331 e. The number of nitrogens with zero attached hydrogens (tertiary/aromatic N) is 2. The first kappa shape index (κ1) is 33.8. The van der Waals surface area contributed by atoms with Crippen LogP contribution < -0.4 is 26.6 Å². The van der Waals surface area contributed by atoms with Crippen LogP contribution in [0.3, 0.4) is 0 Å². The number of methoxy groups -OCH3 is 1. The topological polar surface area (TPSA) is 111 Å². The summed E-state index contributed by atoms with van der Waals surface area (Å²) >= 11 is 0. The van der Waals surface area contributed by atoms with Gasteiger partial charge in [-0.05, 0) is 43.7 Å². The van der Waals surface area contributed by atoms with Crippen LogP contribution in [0.2, 0.25) is 0 Å². The maximum Gasteiger partial charge on any atom is 0.331 e. The van der Waals surface area contributed by atoms with Gasteiger partial charge in [-0.1, -0.05) is 55.5 Å². The van der Waals surface area contributed by atoms with Crippen molar-refractivity contribution in [1.29, 1.82) is 0 Å². The molecule has 240 valence electrons. The molecular weight excluding hydrogens is 602 g/mol. The Morgan fingerprint density at radius 3 is 2.29 bits per heavy atom. The van der Waals surface area contributed by atoms with Gasteiger partial charge < -0.3 is 15.4 Å². The molecule has 9 nitrogen and oxygen atoms in total. The van der Waals surface area contributed by atoms with Gasteiger partial charge in [-0.25, -0.2) is 22.0 Å². The third-order valence-electron chi connectivity index (χ3n) is 7.62. The molecule has 4 rings (SSSR count). The number of ether oxygens (including phenoxy) is 1. The first-order valence-electron chi connectivity index (χ1n) is 14.6. The van der Waals surface area contributed by atoms with E-state index in [-0.39, 0.29) is 39.6 Å². The first-order valence-corrected chi connectivity index (χ1v) is 16.5. The van der Waals surface area contributed by atoms with Gasteiger partial charge >= 0.3 is 5.69 Å². The minimum atomic E-state index is -3.89. The molecule has 0 aliphatic carbocycles. The van der Waals surface area contributed by atoms with Crippen molar-refractivity contribution in [3.05, 3.63) is 116 Å². The summed E-state index contributed by atoms with van der Waals surface area (Å²) in [5.41, 5.74) is -1.15. The van der Waals surface area contributed by atoms with E-state index < -0.39 is 45.3 Å². The Morgan fingerprint density at radius 2 is 1.62 bits per heavy atom. The Morgan fingerprint density at radius 1 is 0.911 bits per heavy atom. The van der Waals surface area contributed by atoms with E-state index >= 15 is 8.78 Å². The lowest BCUT2D eigenvalue weighted by atomic mass is 10.0. The van der Waals surface area contributed by atoms with Crippen molar-refractivity contribution in [2.24, 2.45) is 0 Å². The predicted octanol–water partition coefficient (Wildman–Crippen LogP) is 4.05. The van der Waals surface area contributed by atoms with Crippen LogP contribution in [0.25, 0.3) is 11.1 Å². The molecule has 0 saturated carbocycles. The van der Waals surface area contributed by atoms with Crippen molar-refractivity contribution < 1.29 is 21.9 Å². The van der Waals surface area contributed by atoms with Crippen LogP contribution in [0.4, 0.5) is 8.78 Å². The minimum absolute atomic E-state index is 0.0455. The molecule has 0 radical (unpaired) electrons. The van der Waals surface area contributed by atoms with E-state index in [4.69, 9.17) is 4.74 Å². The fourth-order valence-electron chi connectivity index (χ4n) is 5.31. The van der Waals surface area contributed by atoms with E-state index in [9.17, 15) is 18.0 Å². The second-order valence-electron chi connectivity index (χ2n) is 10.7. The third-order valence-corrected chi connectivity index (χ3v) is 8.80. The maximum atomic E-state index is 15.7. The van der Waals surface area contributed by atoms with E-state index in [0.29, 0.717) is 13.1 Å². The highest BCUT2D eigenvalue weighted by Gasteiger charge is 2.26. The normalized spacial score (nSPS) is 12.3. The summed E-state index contributed by atoms with van der Waals surface area (Å²) in [7, 11) is -2.59. The summed E-state index contributed by atoms with van der Waals surface area (Å²) < 4.78 is 63.3. The quantitative estimate of drug-likeness (QED) is 0.200. The molecule has 12 heteroatoms. The standard InChI is InChI=1S/C33H38F2N4O5S/c1-5-17-36-18-19-37-27(23-11-7-6-8-12-23)21-39-32(40)30(24-13-9-15-28(44-3)31(24)35)22(2)38(33(39)41)20-25-26(34)14-10-16-29(25)45(4,42)43/h6-16,27,36-37H,5,17-21H2,1-4H3/t27-/m1/s1. The highest BCUT2D eigenvalue weighted by molar-refractivity contribution is 7.90. The van der Waals surface area contributed by atoms with Gasteiger partial charge in [-0.3, -0.25) is 13.9 Å². The molecule has 0 unspecified atom stereocenters. The van der Waals surface area contributed by atoms with Gasteiger partial charge in [0.15, 0.2) is 21.4 Å². The molecule has 0 aliphatic rings. The summed E-state index contributed by atoms with van der Waals surface area (Å²) in [4.78, 5) is 28.0. The fourth-order valence-corrected chi connectivity index (χ4v) is 6.25. The molecule has 0 aliphatic heterocycles. The second-order valence-corrected chi connectivity index (χ2v) is 12.7. The lowest BCUT2D eigenvalue weighted by Crippen LogP contribution is -2.45. The van der Waals surface area contributed by atoms with Crippen molar-refractivity contribution >= 4 is 9.84 Å². The number of halogens is 2. The third kappa shape index (κ3) is 7.58. The summed E-state index contributed by atoms with van der Waals surface area (Å²) in [5.74, 6) is -1.74. The SMILES string of the molecule is CCCNCCN[C@H](Cn1c(=O)c(-c2cccc(OC)c2F)c(C)n(Cc2c(F)cccc2S(C)(=O)=O)c1=O)c1ccccc1. The molecule has 0 amide bonds. The van der Waals surface area contributed by atoms with Crippen LogP contribution in [0.5, 0.6) is 5.75 Å². The number of hydrogen-bond donors (Lipinski definition) is 2. The Labute approximate surface area is 261 Å². The lowest BCUT2D eigenvalue weighted by Gasteiger charge is -2.23. The molecule has 0 spiro atoms. The maximum absolute atomic E-state index is 15.7. The van der Waals surface area contributed by atoms with Crippen molar-refractivity contribution in [2.45, 2.75) is 44.3 Å². The highest BCUT2D eigenvalue weighted by Crippen LogP contribution is 2.29. The number of rotatable bonds is 14. The molecule has 3 aromatic carbocycles. The van der Waals surface area contributed by atoms with E-state index in [0.717, 1.165) is 40.0 Å². The highest BCUT2D eigenvalue weighted by atomic mass is 32.2. The van der Waals surface area contributed by atoms with E-state index in [1.165, 1.54) is 44.4 Å². The van der Waals surface area contributed by atoms with Crippen LogP contribution in [0.1, 0.15) is 36.2 Å². The fraction of sp³-hybridized carbons (Fsp3) is 0.333. The number of sulfone groups is 1. The zero-order chi connectivity index (χ0) is 32.7. The summed E-state index contributed by atoms with van der Waals surface area (Å²) in [6.45, 7) is 4.87. The summed E-state index contributed by atoms with van der Waals surface area (Å²) in [6, 6.07) is 16.7. The van der Waals surface area contributed by atoms with Crippen molar-refractivity contribution in [1.82, 2.24) is 19.8 Å². The zero-order valence-electron chi connectivity index (χ0n) is 25.8. The van der Waals surface area contributed by atoms with Crippen molar-refractivity contribution in [3.8, 4) is 16.9 Å². The Bertz CT molecular complexity index is 1870. The molecule has 2 N–H and O–H groups in total. The molecule has 1 atom stereocenters. The predicted molar refractivity (Wildman–Crippen MR) is 171 cm³/mol. The molecular formula is C33H38F2N4O5S. The number of hydrogen-bond acceptors (Lipinski definition) is 7. The lowest BCUT2D eigenvalue weighted by molar-refractivity contribution is 0.387. The summed E-state index contributed by atoms with van der Waals surface area (Å²) in [6.07, 6.45) is 1.91. The van der Waals surface area contributed by atoms with Gasteiger partial charge in [0, 0.05) is 36.2 Å². The van der Waals surface area contributed by atoms with Gasteiger partial charge in [0.25, 0.3) is 5.56 Å². The van der Waals surface area contributed by atoms with Crippen LogP contribution in [0, 0.1) is 18.6 Å². The van der Waals surface area contributed by atoms with Crippen molar-refractivity contribution in [2.75, 3.05) is 33.0 Å². The largest absolute Gasteiger partial charge is 0.494 e. The zero-order valence-corrected chi connectivity index (χ0v) is 26.6. The monoisotopic (exact) mass is 640 g/mol. The molecule has 4 aromatic rings. The van der Waals surface area contributed by atoms with E-state index in [1.807, 2.05) is 30.3 Å². The molecule has 0 bridgehead atoms. The number of benzene rings is 3. The second kappa shape index (κ2) is 14.8. The molecule has 0 saturated heterocycles. The number of aromatic nitrogens is 2. The van der Waals surface area contributed by atoms with E-state index in [2.05, 4.69) is 17.6 Å². The molecule has 1 heterocycles. The van der Waals surface area contributed by atoms with Crippen LogP contribution >= 0.6 is 0 Å². The minimum Gasteiger partial charge on any atom is -0.494 e. The van der Waals surface area contributed by atoms with Gasteiger partial charge in [0.1, 0.15) is 5.82 Å².